The second-order valence-corrected chi connectivity index (χ2v) is 12.3. The molecule has 0 aliphatic carbocycles. The summed E-state index contributed by atoms with van der Waals surface area (Å²) in [6.45, 7) is 12.6. The van der Waals surface area contributed by atoms with Gasteiger partial charge in [-0.3, -0.25) is 9.69 Å². The highest BCUT2D eigenvalue weighted by atomic mass is 16.5. The van der Waals surface area contributed by atoms with Crippen molar-refractivity contribution in [3.8, 4) is 22.8 Å². The van der Waals surface area contributed by atoms with E-state index in [1.165, 1.54) is 30.4 Å². The maximum Gasteiger partial charge on any atom is 0.309 e. The summed E-state index contributed by atoms with van der Waals surface area (Å²) in [6.07, 6.45) is 4.77. The Hall–Kier alpha value is -3.62. The highest BCUT2D eigenvalue weighted by Crippen LogP contribution is 2.35. The van der Waals surface area contributed by atoms with Crippen molar-refractivity contribution in [1.29, 1.82) is 0 Å². The van der Waals surface area contributed by atoms with E-state index >= 15 is 0 Å². The molecule has 8 nitrogen and oxygen atoms in total. The zero-order chi connectivity index (χ0) is 31.9. The molecule has 2 aliphatic heterocycles. The van der Waals surface area contributed by atoms with Gasteiger partial charge in [-0.15, -0.1) is 0 Å². The summed E-state index contributed by atoms with van der Waals surface area (Å²) < 4.78 is 18.2. The molecule has 45 heavy (non-hydrogen) atoms. The number of hydrogen-bond donors (Lipinski definition) is 1. The van der Waals surface area contributed by atoms with Gasteiger partial charge in [-0.1, -0.05) is 44.0 Å². The third kappa shape index (κ3) is 7.61. The minimum absolute atomic E-state index is 0.370. The summed E-state index contributed by atoms with van der Waals surface area (Å²) in [5.41, 5.74) is 6.62. The molecular weight excluding hydrogens is 566 g/mol. The van der Waals surface area contributed by atoms with Crippen LogP contribution >= 0.6 is 0 Å². The Bertz CT molecular complexity index is 1440. The van der Waals surface area contributed by atoms with Gasteiger partial charge in [0.1, 0.15) is 23.9 Å². The number of aliphatic carboxylic acids is 1. The lowest BCUT2D eigenvalue weighted by Gasteiger charge is -2.37. The van der Waals surface area contributed by atoms with E-state index in [1.54, 1.807) is 7.11 Å². The second-order valence-electron chi connectivity index (χ2n) is 12.3. The Morgan fingerprint density at radius 2 is 1.93 bits per heavy atom. The molecule has 1 aromatic heterocycles. The van der Waals surface area contributed by atoms with Gasteiger partial charge in [0.2, 0.25) is 0 Å². The molecule has 1 unspecified atom stereocenters. The molecule has 1 fully saturated rings. The summed E-state index contributed by atoms with van der Waals surface area (Å²) in [5, 5.41) is 9.68. The third-order valence-corrected chi connectivity index (χ3v) is 9.34. The molecule has 3 heterocycles. The van der Waals surface area contributed by atoms with Gasteiger partial charge in [0.25, 0.3) is 0 Å². The van der Waals surface area contributed by atoms with Crippen LogP contribution in [0.1, 0.15) is 68.7 Å². The van der Waals surface area contributed by atoms with Gasteiger partial charge in [0, 0.05) is 50.0 Å². The minimum atomic E-state index is -0.799. The van der Waals surface area contributed by atoms with E-state index in [-0.39, 0.29) is 6.10 Å². The molecule has 0 radical (unpaired) electrons. The van der Waals surface area contributed by atoms with Gasteiger partial charge < -0.3 is 24.2 Å². The van der Waals surface area contributed by atoms with E-state index in [1.807, 2.05) is 31.2 Å². The predicted octanol–water partition coefficient (Wildman–Crippen LogP) is 6.90. The Labute approximate surface area is 268 Å². The number of nitrogens with zero attached hydrogens (tertiary/aromatic N) is 3. The molecule has 2 aliphatic rings. The molecule has 0 amide bonds. The SMILES string of the molecule is CCCC(CC)N1CCc2cc(COc3ccc(C)cc3-c3cccc(N4CC[C@H](C(=O)O)[C@H](OCC)C4)n3)cc(OC)c2C1. The molecule has 5 rings (SSSR count). The largest absolute Gasteiger partial charge is 0.496 e. The lowest BCUT2D eigenvalue weighted by molar-refractivity contribution is -0.148. The van der Waals surface area contributed by atoms with Crippen LogP contribution in [0.4, 0.5) is 5.82 Å². The number of ether oxygens (including phenoxy) is 3. The van der Waals surface area contributed by atoms with Crippen LogP contribution < -0.4 is 14.4 Å². The van der Waals surface area contributed by atoms with Crippen LogP contribution in [0, 0.1) is 12.8 Å². The Kier molecular flexibility index (Phi) is 11.0. The highest BCUT2D eigenvalue weighted by Gasteiger charge is 2.35. The molecule has 0 bridgehead atoms. The maximum atomic E-state index is 11.8. The molecule has 1 saturated heterocycles. The van der Waals surface area contributed by atoms with E-state index in [9.17, 15) is 9.90 Å². The Morgan fingerprint density at radius 3 is 2.67 bits per heavy atom. The lowest BCUT2D eigenvalue weighted by atomic mass is 9.93. The minimum Gasteiger partial charge on any atom is -0.496 e. The maximum absolute atomic E-state index is 11.8. The zero-order valence-corrected chi connectivity index (χ0v) is 27.6. The molecule has 1 N–H and O–H groups in total. The number of hydrogen-bond acceptors (Lipinski definition) is 7. The first-order valence-corrected chi connectivity index (χ1v) is 16.6. The van der Waals surface area contributed by atoms with E-state index in [4.69, 9.17) is 19.2 Å². The van der Waals surface area contributed by atoms with Gasteiger partial charge in [-0.2, -0.15) is 0 Å². The van der Waals surface area contributed by atoms with Crippen LogP contribution in [0.3, 0.4) is 0 Å². The topological polar surface area (TPSA) is 84.4 Å². The summed E-state index contributed by atoms with van der Waals surface area (Å²) in [7, 11) is 1.76. The number of benzene rings is 2. The standard InChI is InChI=1S/C37H49N3O5/c1-6-10-28(7-2)39-17-15-27-20-26(21-34(43-5)31(27)22-39)24-45-33-14-13-25(4)19-30(33)32-11-9-12-36(38-32)40-18-16-29(37(41)42)35(23-40)44-8-3/h9,11-14,19-21,28-29,35H,6-8,10,15-18,22-24H2,1-5H3,(H,41,42)/t28?,29-,35+/m0/s1. The predicted molar refractivity (Wildman–Crippen MR) is 178 cm³/mol. The molecular formula is C37H49N3O5. The Morgan fingerprint density at radius 1 is 1.09 bits per heavy atom. The average Bonchev–Trinajstić information content (AvgIpc) is 3.06. The summed E-state index contributed by atoms with van der Waals surface area (Å²) >= 11 is 0. The average molecular weight is 616 g/mol. The van der Waals surface area contributed by atoms with Gasteiger partial charge in [0.15, 0.2) is 0 Å². The Balaban J connectivity index is 1.34. The first kappa shape index (κ1) is 32.8. The van der Waals surface area contributed by atoms with Crippen molar-refractivity contribution < 1.29 is 24.1 Å². The molecule has 3 atom stereocenters. The number of rotatable bonds is 13. The summed E-state index contributed by atoms with van der Waals surface area (Å²) in [6, 6.07) is 17.2. The fourth-order valence-corrected chi connectivity index (χ4v) is 6.94. The molecule has 0 saturated carbocycles. The first-order valence-electron chi connectivity index (χ1n) is 16.6. The van der Waals surface area contributed by atoms with Gasteiger partial charge >= 0.3 is 5.97 Å². The number of anilines is 1. The van der Waals surface area contributed by atoms with Crippen molar-refractivity contribution >= 4 is 11.8 Å². The van der Waals surface area contributed by atoms with E-state index in [0.29, 0.717) is 38.8 Å². The van der Waals surface area contributed by atoms with Crippen molar-refractivity contribution in [2.45, 2.75) is 85.1 Å². The van der Waals surface area contributed by atoms with E-state index in [0.717, 1.165) is 59.2 Å². The number of aromatic nitrogens is 1. The number of pyridine rings is 1. The van der Waals surface area contributed by atoms with Crippen molar-refractivity contribution in [2.75, 3.05) is 38.3 Å². The van der Waals surface area contributed by atoms with Crippen LogP contribution in [0.5, 0.6) is 11.5 Å². The summed E-state index contributed by atoms with van der Waals surface area (Å²) in [4.78, 5) is 21.6. The smallest absolute Gasteiger partial charge is 0.309 e. The van der Waals surface area contributed by atoms with E-state index < -0.39 is 11.9 Å². The lowest BCUT2D eigenvalue weighted by Crippen LogP contribution is -2.48. The van der Waals surface area contributed by atoms with Crippen LogP contribution in [0.25, 0.3) is 11.3 Å². The number of fused-ring (bicyclic) bond motifs is 1. The summed E-state index contributed by atoms with van der Waals surface area (Å²) in [5.74, 6) is 1.22. The van der Waals surface area contributed by atoms with Crippen LogP contribution in [0.15, 0.2) is 48.5 Å². The van der Waals surface area contributed by atoms with Gasteiger partial charge in [-0.25, -0.2) is 4.98 Å². The molecule has 242 valence electrons. The van der Waals surface area contributed by atoms with Crippen molar-refractivity contribution in [2.24, 2.45) is 5.92 Å². The number of carboxylic acid groups (broad SMARTS) is 1. The number of carboxylic acids is 1. The molecule has 2 aromatic carbocycles. The fraction of sp³-hybridized carbons (Fsp3) is 0.514. The number of aryl methyl sites for hydroxylation is 1. The monoisotopic (exact) mass is 615 g/mol. The van der Waals surface area contributed by atoms with Gasteiger partial charge in [0.05, 0.1) is 24.8 Å². The molecule has 8 heteroatoms. The van der Waals surface area contributed by atoms with E-state index in [2.05, 4.69) is 54.8 Å². The zero-order valence-electron chi connectivity index (χ0n) is 27.6. The number of piperidine rings is 1. The van der Waals surface area contributed by atoms with Gasteiger partial charge in [-0.05, 0) is 81.0 Å². The second kappa shape index (κ2) is 15.1. The van der Waals surface area contributed by atoms with Crippen LogP contribution in [-0.2, 0) is 29.1 Å². The first-order chi connectivity index (χ1) is 21.8. The molecule has 0 spiro atoms. The van der Waals surface area contributed by atoms with Crippen molar-refractivity contribution in [1.82, 2.24) is 9.88 Å². The number of carbonyl (C=O) groups is 1. The normalized spacial score (nSPS) is 19.2. The number of methoxy groups -OCH3 is 1. The fourth-order valence-electron chi connectivity index (χ4n) is 6.94. The quantitative estimate of drug-likeness (QED) is 0.222. The molecule has 3 aromatic rings. The van der Waals surface area contributed by atoms with Crippen molar-refractivity contribution in [3.63, 3.8) is 0 Å². The third-order valence-electron chi connectivity index (χ3n) is 9.34. The van der Waals surface area contributed by atoms with Crippen LogP contribution in [0.2, 0.25) is 0 Å². The highest BCUT2D eigenvalue weighted by molar-refractivity contribution is 5.72. The van der Waals surface area contributed by atoms with Crippen molar-refractivity contribution in [3.05, 3.63) is 70.8 Å². The van der Waals surface area contributed by atoms with Crippen LogP contribution in [-0.4, -0.2) is 66.5 Å².